The molecule has 78 valence electrons. The van der Waals surface area contributed by atoms with Crippen LogP contribution in [0.2, 0.25) is 5.02 Å². The second-order valence-corrected chi connectivity index (χ2v) is 3.34. The average molecular weight is 224 g/mol. The molecule has 0 N–H and O–H groups in total. The van der Waals surface area contributed by atoms with Gasteiger partial charge in [-0.05, 0) is 26.0 Å². The van der Waals surface area contributed by atoms with Gasteiger partial charge in [-0.15, -0.1) is 0 Å². The SMILES string of the molecule is CCOc1c(Cl)cc(C(C)=O)cc1C#N. The van der Waals surface area contributed by atoms with Crippen molar-refractivity contribution in [1.82, 2.24) is 0 Å². The van der Waals surface area contributed by atoms with Gasteiger partial charge in [0, 0.05) is 5.56 Å². The number of benzene rings is 1. The van der Waals surface area contributed by atoms with Gasteiger partial charge in [0.2, 0.25) is 0 Å². The largest absolute Gasteiger partial charge is 0.491 e. The Morgan fingerprint density at radius 3 is 2.73 bits per heavy atom. The van der Waals surface area contributed by atoms with Crippen molar-refractivity contribution in [2.45, 2.75) is 13.8 Å². The van der Waals surface area contributed by atoms with Gasteiger partial charge in [0.25, 0.3) is 0 Å². The summed E-state index contributed by atoms with van der Waals surface area (Å²) in [7, 11) is 0. The Bertz CT molecular complexity index is 435. The van der Waals surface area contributed by atoms with E-state index in [0.29, 0.717) is 22.9 Å². The van der Waals surface area contributed by atoms with Crippen LogP contribution in [0.3, 0.4) is 0 Å². The highest BCUT2D eigenvalue weighted by atomic mass is 35.5. The Hall–Kier alpha value is -1.53. The lowest BCUT2D eigenvalue weighted by Gasteiger charge is -2.08. The van der Waals surface area contributed by atoms with Crippen molar-refractivity contribution < 1.29 is 9.53 Å². The van der Waals surface area contributed by atoms with Crippen LogP contribution in [-0.4, -0.2) is 12.4 Å². The summed E-state index contributed by atoms with van der Waals surface area (Å²) in [5.74, 6) is 0.211. The van der Waals surface area contributed by atoms with Crippen LogP contribution in [0.4, 0.5) is 0 Å². The fourth-order valence-corrected chi connectivity index (χ4v) is 1.44. The molecule has 0 spiro atoms. The molecule has 0 unspecified atom stereocenters. The first kappa shape index (κ1) is 11.5. The number of carbonyl (C=O) groups excluding carboxylic acids is 1. The highest BCUT2D eigenvalue weighted by Crippen LogP contribution is 2.30. The molecule has 4 heteroatoms. The number of hydrogen-bond acceptors (Lipinski definition) is 3. The number of Topliss-reactive ketones (excluding diaryl/α,β-unsaturated/α-hetero) is 1. The Labute approximate surface area is 93.2 Å². The number of nitrogens with zero attached hydrogens (tertiary/aromatic N) is 1. The van der Waals surface area contributed by atoms with E-state index in [4.69, 9.17) is 21.6 Å². The summed E-state index contributed by atoms with van der Waals surface area (Å²) in [5.41, 5.74) is 0.703. The van der Waals surface area contributed by atoms with E-state index in [0.717, 1.165) is 0 Å². The van der Waals surface area contributed by atoms with Gasteiger partial charge in [-0.3, -0.25) is 4.79 Å². The van der Waals surface area contributed by atoms with Gasteiger partial charge in [-0.2, -0.15) is 5.26 Å². The van der Waals surface area contributed by atoms with Gasteiger partial charge in [0.15, 0.2) is 11.5 Å². The minimum Gasteiger partial charge on any atom is -0.491 e. The smallest absolute Gasteiger partial charge is 0.159 e. The lowest BCUT2D eigenvalue weighted by atomic mass is 10.1. The van der Waals surface area contributed by atoms with Gasteiger partial charge < -0.3 is 4.74 Å². The minimum atomic E-state index is -0.128. The number of ether oxygens (including phenoxy) is 1. The average Bonchev–Trinajstić information content (AvgIpc) is 2.20. The molecule has 0 amide bonds. The van der Waals surface area contributed by atoms with E-state index in [-0.39, 0.29) is 11.3 Å². The zero-order valence-corrected chi connectivity index (χ0v) is 9.26. The molecule has 3 nitrogen and oxygen atoms in total. The van der Waals surface area contributed by atoms with Gasteiger partial charge in [-0.1, -0.05) is 11.6 Å². The first-order valence-corrected chi connectivity index (χ1v) is 4.85. The molecule has 1 aromatic carbocycles. The van der Waals surface area contributed by atoms with E-state index in [2.05, 4.69) is 0 Å². The van der Waals surface area contributed by atoms with Crippen LogP contribution in [0.5, 0.6) is 5.75 Å². The number of rotatable bonds is 3. The highest BCUT2D eigenvalue weighted by molar-refractivity contribution is 6.32. The van der Waals surface area contributed by atoms with E-state index in [9.17, 15) is 4.79 Å². The normalized spacial score (nSPS) is 9.47. The van der Waals surface area contributed by atoms with E-state index >= 15 is 0 Å². The van der Waals surface area contributed by atoms with Gasteiger partial charge in [0.05, 0.1) is 17.2 Å². The topological polar surface area (TPSA) is 50.1 Å². The molecule has 15 heavy (non-hydrogen) atoms. The molecule has 1 aromatic rings. The quantitative estimate of drug-likeness (QED) is 0.741. The lowest BCUT2D eigenvalue weighted by Crippen LogP contribution is -1.99. The molecule has 0 heterocycles. The minimum absolute atomic E-state index is 0.128. The molecule has 0 fully saturated rings. The second kappa shape index (κ2) is 4.81. The van der Waals surface area contributed by atoms with Crippen molar-refractivity contribution in [2.75, 3.05) is 6.61 Å². The fraction of sp³-hybridized carbons (Fsp3) is 0.273. The summed E-state index contributed by atoms with van der Waals surface area (Å²) < 4.78 is 5.23. The van der Waals surface area contributed by atoms with Crippen LogP contribution in [0.1, 0.15) is 29.8 Å². The molecule has 0 saturated carbocycles. The molecule has 0 aliphatic rings. The number of ketones is 1. The number of nitriles is 1. The van der Waals surface area contributed by atoms with Crippen molar-refractivity contribution in [3.8, 4) is 11.8 Å². The maximum atomic E-state index is 11.1. The third-order valence-corrected chi connectivity index (χ3v) is 2.14. The van der Waals surface area contributed by atoms with Gasteiger partial charge >= 0.3 is 0 Å². The summed E-state index contributed by atoms with van der Waals surface area (Å²) >= 11 is 5.91. The van der Waals surface area contributed by atoms with Crippen LogP contribution in [0, 0.1) is 11.3 Å². The summed E-state index contributed by atoms with van der Waals surface area (Å²) in [6.07, 6.45) is 0. The van der Waals surface area contributed by atoms with Crippen LogP contribution >= 0.6 is 11.6 Å². The Balaban J connectivity index is 3.32. The lowest BCUT2D eigenvalue weighted by molar-refractivity contribution is 0.101. The Morgan fingerprint density at radius 2 is 2.27 bits per heavy atom. The van der Waals surface area contributed by atoms with Crippen LogP contribution in [-0.2, 0) is 0 Å². The van der Waals surface area contributed by atoms with E-state index in [1.807, 2.05) is 6.07 Å². The first-order valence-electron chi connectivity index (χ1n) is 4.47. The van der Waals surface area contributed by atoms with E-state index in [1.54, 1.807) is 6.92 Å². The molecule has 0 saturated heterocycles. The number of hydrogen-bond donors (Lipinski definition) is 0. The van der Waals surface area contributed by atoms with Crippen LogP contribution < -0.4 is 4.74 Å². The zero-order valence-electron chi connectivity index (χ0n) is 8.50. The molecule has 0 aliphatic carbocycles. The van der Waals surface area contributed by atoms with Crippen molar-refractivity contribution in [1.29, 1.82) is 5.26 Å². The highest BCUT2D eigenvalue weighted by Gasteiger charge is 2.12. The summed E-state index contributed by atoms with van der Waals surface area (Å²) in [6.45, 7) is 3.65. The molecule has 0 radical (unpaired) electrons. The first-order chi connectivity index (χ1) is 7.10. The molecule has 0 aromatic heterocycles. The predicted octanol–water partition coefficient (Wildman–Crippen LogP) is 2.81. The second-order valence-electron chi connectivity index (χ2n) is 2.94. The molecule has 0 bridgehead atoms. The van der Waals surface area contributed by atoms with Gasteiger partial charge in [0.1, 0.15) is 6.07 Å². The Kier molecular flexibility index (Phi) is 3.70. The van der Waals surface area contributed by atoms with Crippen molar-refractivity contribution in [3.63, 3.8) is 0 Å². The Morgan fingerprint density at radius 1 is 1.60 bits per heavy atom. The summed E-state index contributed by atoms with van der Waals surface area (Å²) in [5, 5.41) is 9.17. The third-order valence-electron chi connectivity index (χ3n) is 1.86. The molecule has 1 rings (SSSR count). The monoisotopic (exact) mass is 223 g/mol. The predicted molar refractivity (Wildman–Crippen MR) is 57.3 cm³/mol. The van der Waals surface area contributed by atoms with Crippen molar-refractivity contribution in [3.05, 3.63) is 28.3 Å². The molecule has 0 atom stereocenters. The molecular formula is C11H10ClNO2. The fourth-order valence-electron chi connectivity index (χ4n) is 1.17. The van der Waals surface area contributed by atoms with E-state index in [1.165, 1.54) is 19.1 Å². The summed E-state index contributed by atoms with van der Waals surface area (Å²) in [4.78, 5) is 11.1. The standard InChI is InChI=1S/C11H10ClNO2/c1-3-15-11-9(6-13)4-8(7(2)14)5-10(11)12/h4-5H,3H2,1-2H3. The van der Waals surface area contributed by atoms with Crippen molar-refractivity contribution in [2.24, 2.45) is 0 Å². The third kappa shape index (κ3) is 2.48. The van der Waals surface area contributed by atoms with E-state index < -0.39 is 0 Å². The maximum Gasteiger partial charge on any atom is 0.159 e. The number of carbonyl (C=O) groups is 1. The summed E-state index contributed by atoms with van der Waals surface area (Å²) in [6, 6.07) is 4.95. The van der Waals surface area contributed by atoms with Crippen molar-refractivity contribution >= 4 is 17.4 Å². The van der Waals surface area contributed by atoms with Gasteiger partial charge in [-0.25, -0.2) is 0 Å². The molecular weight excluding hydrogens is 214 g/mol. The van der Waals surface area contributed by atoms with Crippen LogP contribution in [0.15, 0.2) is 12.1 Å². The van der Waals surface area contributed by atoms with Crippen LogP contribution in [0.25, 0.3) is 0 Å². The molecule has 0 aliphatic heterocycles. The zero-order chi connectivity index (χ0) is 11.4. The number of halogens is 1. The maximum absolute atomic E-state index is 11.1.